The van der Waals surface area contributed by atoms with Gasteiger partial charge in [-0.1, -0.05) is 18.6 Å². The molecule has 1 aromatic carbocycles. The second-order valence-electron chi connectivity index (χ2n) is 5.31. The molecule has 1 N–H and O–H groups in total. The van der Waals surface area contributed by atoms with Gasteiger partial charge in [-0.15, -0.1) is 0 Å². The first kappa shape index (κ1) is 15.0. The number of benzene rings is 1. The molecule has 0 aliphatic carbocycles. The van der Waals surface area contributed by atoms with Gasteiger partial charge in [0.05, 0.1) is 12.2 Å². The average Bonchev–Trinajstić information content (AvgIpc) is 2.48. The van der Waals surface area contributed by atoms with Crippen molar-refractivity contribution in [3.05, 3.63) is 35.4 Å². The minimum atomic E-state index is -0.890. The zero-order valence-electron chi connectivity index (χ0n) is 11.9. The molecule has 0 bridgehead atoms. The lowest BCUT2D eigenvalue weighted by Crippen LogP contribution is -2.31. The molecule has 0 spiro atoms. The highest BCUT2D eigenvalue weighted by molar-refractivity contribution is 5.87. The maximum absolute atomic E-state index is 10.7. The molecule has 110 valence electrons. The van der Waals surface area contributed by atoms with Gasteiger partial charge < -0.3 is 14.7 Å². The summed E-state index contributed by atoms with van der Waals surface area (Å²) in [6, 6.07) is 6.87. The maximum Gasteiger partial charge on any atom is 0.335 e. The number of piperidine rings is 1. The number of rotatable bonds is 7. The van der Waals surface area contributed by atoms with Crippen LogP contribution in [0.3, 0.4) is 0 Å². The summed E-state index contributed by atoms with van der Waals surface area (Å²) in [6.45, 7) is 4.91. The summed E-state index contributed by atoms with van der Waals surface area (Å²) in [5.41, 5.74) is 1.34. The van der Waals surface area contributed by atoms with E-state index in [0.29, 0.717) is 12.2 Å². The fourth-order valence-corrected chi connectivity index (χ4v) is 2.51. The van der Waals surface area contributed by atoms with Gasteiger partial charge in [-0.2, -0.15) is 0 Å². The quantitative estimate of drug-likeness (QED) is 0.779. The molecule has 1 heterocycles. The van der Waals surface area contributed by atoms with Gasteiger partial charge in [0.25, 0.3) is 0 Å². The topological polar surface area (TPSA) is 49.8 Å². The molecule has 1 saturated heterocycles. The zero-order valence-corrected chi connectivity index (χ0v) is 11.9. The van der Waals surface area contributed by atoms with Crippen LogP contribution in [0.4, 0.5) is 0 Å². The Morgan fingerprint density at radius 3 is 2.50 bits per heavy atom. The number of carboxylic acids is 1. The van der Waals surface area contributed by atoms with Crippen molar-refractivity contribution in [2.24, 2.45) is 0 Å². The van der Waals surface area contributed by atoms with Gasteiger partial charge in [-0.25, -0.2) is 4.79 Å². The average molecular weight is 277 g/mol. The van der Waals surface area contributed by atoms with E-state index in [-0.39, 0.29) is 0 Å². The van der Waals surface area contributed by atoms with E-state index in [1.165, 1.54) is 32.4 Å². The van der Waals surface area contributed by atoms with E-state index in [0.717, 1.165) is 25.1 Å². The normalized spacial score (nSPS) is 16.2. The van der Waals surface area contributed by atoms with Gasteiger partial charge in [0.2, 0.25) is 0 Å². The van der Waals surface area contributed by atoms with E-state index in [4.69, 9.17) is 9.84 Å². The number of hydrogen-bond acceptors (Lipinski definition) is 3. The smallest absolute Gasteiger partial charge is 0.335 e. The maximum atomic E-state index is 10.7. The first-order chi connectivity index (χ1) is 9.75. The van der Waals surface area contributed by atoms with Crippen molar-refractivity contribution in [2.45, 2.75) is 32.3 Å². The van der Waals surface area contributed by atoms with Crippen LogP contribution in [0.15, 0.2) is 24.3 Å². The molecule has 0 saturated carbocycles. The molecule has 0 unspecified atom stereocenters. The highest BCUT2D eigenvalue weighted by atomic mass is 16.5. The third kappa shape index (κ3) is 4.94. The van der Waals surface area contributed by atoms with Crippen LogP contribution in [0.1, 0.15) is 41.6 Å². The van der Waals surface area contributed by atoms with Gasteiger partial charge in [0, 0.05) is 13.2 Å². The number of likely N-dealkylation sites (tertiary alicyclic amines) is 1. The van der Waals surface area contributed by atoms with E-state index in [1.54, 1.807) is 12.1 Å². The largest absolute Gasteiger partial charge is 0.478 e. The second-order valence-corrected chi connectivity index (χ2v) is 5.31. The van der Waals surface area contributed by atoms with Crippen LogP contribution in [0, 0.1) is 0 Å². The fraction of sp³-hybridized carbons (Fsp3) is 0.562. The van der Waals surface area contributed by atoms with Crippen LogP contribution in [0.2, 0.25) is 0 Å². The molecule has 0 amide bonds. The molecule has 20 heavy (non-hydrogen) atoms. The molecule has 0 radical (unpaired) electrons. The van der Waals surface area contributed by atoms with Gasteiger partial charge in [-0.3, -0.25) is 0 Å². The molecule has 1 aliphatic rings. The van der Waals surface area contributed by atoms with Crippen molar-refractivity contribution in [3.63, 3.8) is 0 Å². The van der Waals surface area contributed by atoms with Gasteiger partial charge in [0.15, 0.2) is 0 Å². The van der Waals surface area contributed by atoms with Crippen LogP contribution in [0.25, 0.3) is 0 Å². The monoisotopic (exact) mass is 277 g/mol. The third-order valence-corrected chi connectivity index (χ3v) is 3.68. The van der Waals surface area contributed by atoms with Crippen LogP contribution in [-0.4, -0.2) is 42.2 Å². The van der Waals surface area contributed by atoms with Crippen molar-refractivity contribution in [1.29, 1.82) is 0 Å². The first-order valence-corrected chi connectivity index (χ1v) is 7.38. The molecule has 2 rings (SSSR count). The van der Waals surface area contributed by atoms with Gasteiger partial charge in [0.1, 0.15) is 0 Å². The van der Waals surface area contributed by atoms with E-state index in [1.807, 2.05) is 12.1 Å². The summed E-state index contributed by atoms with van der Waals surface area (Å²) in [4.78, 5) is 13.2. The van der Waals surface area contributed by atoms with E-state index in [9.17, 15) is 4.79 Å². The first-order valence-electron chi connectivity index (χ1n) is 7.38. The van der Waals surface area contributed by atoms with Gasteiger partial charge >= 0.3 is 5.97 Å². The predicted molar refractivity (Wildman–Crippen MR) is 78.0 cm³/mol. The van der Waals surface area contributed by atoms with Crippen molar-refractivity contribution in [2.75, 3.05) is 26.2 Å². The van der Waals surface area contributed by atoms with Crippen molar-refractivity contribution in [1.82, 2.24) is 4.90 Å². The number of nitrogens with zero attached hydrogens (tertiary/aromatic N) is 1. The lowest BCUT2D eigenvalue weighted by molar-refractivity contribution is 0.0696. The number of carbonyl (C=O) groups is 1. The lowest BCUT2D eigenvalue weighted by atomic mass is 10.1. The second kappa shape index (κ2) is 8.02. The van der Waals surface area contributed by atoms with Crippen molar-refractivity contribution in [3.8, 4) is 0 Å². The van der Waals surface area contributed by atoms with Crippen LogP contribution in [0.5, 0.6) is 0 Å². The van der Waals surface area contributed by atoms with Crippen molar-refractivity contribution >= 4 is 5.97 Å². The van der Waals surface area contributed by atoms with Crippen molar-refractivity contribution < 1.29 is 14.6 Å². The van der Waals surface area contributed by atoms with Gasteiger partial charge in [-0.05, 0) is 50.0 Å². The minimum absolute atomic E-state index is 0.318. The van der Waals surface area contributed by atoms with E-state index >= 15 is 0 Å². The highest BCUT2D eigenvalue weighted by Gasteiger charge is 2.08. The lowest BCUT2D eigenvalue weighted by Gasteiger charge is -2.26. The molecule has 4 nitrogen and oxygen atoms in total. The van der Waals surface area contributed by atoms with Crippen LogP contribution in [-0.2, 0) is 11.3 Å². The molecule has 1 aromatic rings. The Labute approximate surface area is 120 Å². The number of hydrogen-bond donors (Lipinski definition) is 1. The minimum Gasteiger partial charge on any atom is -0.478 e. The Bertz CT molecular complexity index is 410. The Morgan fingerprint density at radius 1 is 1.15 bits per heavy atom. The summed E-state index contributed by atoms with van der Waals surface area (Å²) in [6.07, 6.45) is 5.10. The Morgan fingerprint density at radius 2 is 1.85 bits per heavy atom. The molecule has 1 aliphatic heterocycles. The SMILES string of the molecule is O=C(O)c1ccc(COCCCN2CCCCC2)cc1. The zero-order chi connectivity index (χ0) is 14.2. The third-order valence-electron chi connectivity index (χ3n) is 3.68. The predicted octanol–water partition coefficient (Wildman–Crippen LogP) is 2.78. The summed E-state index contributed by atoms with van der Waals surface area (Å²) in [5, 5.41) is 8.81. The molecular weight excluding hydrogens is 254 g/mol. The summed E-state index contributed by atoms with van der Waals surface area (Å²) < 4.78 is 5.64. The van der Waals surface area contributed by atoms with E-state index in [2.05, 4.69) is 4.90 Å². The number of aromatic carboxylic acids is 1. The molecule has 1 fully saturated rings. The molecular formula is C16H23NO3. The van der Waals surface area contributed by atoms with E-state index < -0.39 is 5.97 Å². The summed E-state index contributed by atoms with van der Waals surface area (Å²) >= 11 is 0. The number of carboxylic acid groups (broad SMARTS) is 1. The molecule has 4 heteroatoms. The summed E-state index contributed by atoms with van der Waals surface area (Å²) in [7, 11) is 0. The highest BCUT2D eigenvalue weighted by Crippen LogP contribution is 2.09. The Kier molecular flexibility index (Phi) is 6.02. The molecule has 0 aromatic heterocycles. The Balaban J connectivity index is 1.59. The summed E-state index contributed by atoms with van der Waals surface area (Å²) in [5.74, 6) is -0.890. The number of ether oxygens (including phenoxy) is 1. The standard InChI is InChI=1S/C16H23NO3/c18-16(19)15-7-5-14(6-8-15)13-20-12-4-11-17-9-2-1-3-10-17/h5-8H,1-4,9-13H2,(H,18,19). The molecule has 0 atom stereocenters. The Hall–Kier alpha value is -1.39. The van der Waals surface area contributed by atoms with Crippen LogP contribution < -0.4 is 0 Å². The van der Waals surface area contributed by atoms with Crippen LogP contribution >= 0.6 is 0 Å². The fourth-order valence-electron chi connectivity index (χ4n) is 2.51.